The lowest BCUT2D eigenvalue weighted by Crippen LogP contribution is -2.55. The van der Waals surface area contributed by atoms with E-state index in [1.54, 1.807) is 6.07 Å². The highest BCUT2D eigenvalue weighted by Crippen LogP contribution is 2.31. The van der Waals surface area contributed by atoms with Crippen LogP contribution in [0.15, 0.2) is 54.6 Å². The second kappa shape index (κ2) is 13.7. The Morgan fingerprint density at radius 3 is 2.47 bits per heavy atom. The third-order valence-electron chi connectivity index (χ3n) is 6.52. The molecule has 2 amide bonds. The monoisotopic (exact) mass is 506 g/mol. The van der Waals surface area contributed by atoms with Gasteiger partial charge in [-0.1, -0.05) is 36.4 Å². The van der Waals surface area contributed by atoms with Gasteiger partial charge < -0.3 is 16.0 Å². The standard InChI is InChI=1S/C26H34N4O2.2ClH/c1-19(31)28-23-9-5-10-24(14-23)29-26(32)12-6-11-25-22-13-21(15-27-25)17-30(18-22)16-20-7-3-2-4-8-20;;/h2-5,7-10,14,21-22,25,27H,6,11-13,15-18H2,1H3,(H,28,31)(H,29,32);2*1H/t21?,22?,25-;;/m1../s1. The molecule has 2 aromatic rings. The van der Waals surface area contributed by atoms with Crippen LogP contribution in [0.4, 0.5) is 11.4 Å². The Morgan fingerprint density at radius 1 is 1.00 bits per heavy atom. The third kappa shape index (κ3) is 8.27. The number of benzene rings is 2. The van der Waals surface area contributed by atoms with Crippen molar-refractivity contribution in [2.24, 2.45) is 11.8 Å². The van der Waals surface area contributed by atoms with E-state index in [0.29, 0.717) is 29.8 Å². The van der Waals surface area contributed by atoms with E-state index in [4.69, 9.17) is 0 Å². The molecule has 0 aromatic heterocycles. The van der Waals surface area contributed by atoms with Gasteiger partial charge in [-0.3, -0.25) is 14.5 Å². The molecule has 2 unspecified atom stereocenters. The number of likely N-dealkylation sites (tertiary alicyclic amines) is 1. The molecule has 4 rings (SSSR count). The molecule has 0 radical (unpaired) electrons. The number of hydrogen-bond donors (Lipinski definition) is 3. The van der Waals surface area contributed by atoms with Gasteiger partial charge in [0.15, 0.2) is 0 Å². The number of rotatable bonds is 8. The number of halogens is 2. The zero-order valence-electron chi connectivity index (χ0n) is 19.7. The molecule has 2 aliphatic rings. The van der Waals surface area contributed by atoms with Crippen molar-refractivity contribution in [3.63, 3.8) is 0 Å². The van der Waals surface area contributed by atoms with Crippen LogP contribution in [0.2, 0.25) is 0 Å². The van der Waals surface area contributed by atoms with Crippen LogP contribution in [0.3, 0.4) is 0 Å². The zero-order valence-corrected chi connectivity index (χ0v) is 21.3. The van der Waals surface area contributed by atoms with Crippen LogP contribution in [-0.4, -0.2) is 42.4 Å². The average molecular weight is 508 g/mol. The predicted molar refractivity (Wildman–Crippen MR) is 143 cm³/mol. The molecule has 2 aliphatic heterocycles. The normalized spacial score (nSPS) is 21.5. The molecule has 34 heavy (non-hydrogen) atoms. The number of carbonyl (C=O) groups is 2. The minimum absolute atomic E-state index is 0. The molecule has 8 heteroatoms. The van der Waals surface area contributed by atoms with Gasteiger partial charge in [-0.2, -0.15) is 0 Å². The molecular formula is C26H36Cl2N4O2. The van der Waals surface area contributed by atoms with Crippen LogP contribution >= 0.6 is 24.8 Å². The molecule has 2 heterocycles. The molecule has 6 nitrogen and oxygen atoms in total. The first kappa shape index (κ1) is 28.1. The molecule has 0 saturated carbocycles. The molecule has 186 valence electrons. The van der Waals surface area contributed by atoms with E-state index in [-0.39, 0.29) is 36.6 Å². The van der Waals surface area contributed by atoms with Crippen molar-refractivity contribution in [1.82, 2.24) is 10.2 Å². The Morgan fingerprint density at radius 2 is 1.74 bits per heavy atom. The van der Waals surface area contributed by atoms with Crippen LogP contribution < -0.4 is 16.0 Å². The van der Waals surface area contributed by atoms with Crippen LogP contribution in [0.25, 0.3) is 0 Å². The van der Waals surface area contributed by atoms with E-state index in [9.17, 15) is 9.59 Å². The van der Waals surface area contributed by atoms with Crippen molar-refractivity contribution < 1.29 is 9.59 Å². The van der Waals surface area contributed by atoms with Crippen molar-refractivity contribution in [2.45, 2.75) is 45.2 Å². The topological polar surface area (TPSA) is 73.5 Å². The highest BCUT2D eigenvalue weighted by molar-refractivity contribution is 5.93. The molecular weight excluding hydrogens is 471 g/mol. The summed E-state index contributed by atoms with van der Waals surface area (Å²) >= 11 is 0. The first-order chi connectivity index (χ1) is 15.5. The second-order valence-corrected chi connectivity index (χ2v) is 9.26. The SMILES string of the molecule is CC(=O)Nc1cccc(NC(=O)CCC[C@H]2NCC3CC2CN(Cc2ccccc2)C3)c1.Cl.Cl. The summed E-state index contributed by atoms with van der Waals surface area (Å²) in [6.45, 7) is 5.88. The predicted octanol–water partition coefficient (Wildman–Crippen LogP) is 4.71. The number of piperidine rings is 2. The minimum Gasteiger partial charge on any atom is -0.326 e. The Hall–Kier alpha value is -2.12. The van der Waals surface area contributed by atoms with E-state index < -0.39 is 0 Å². The molecule has 0 aliphatic carbocycles. The van der Waals surface area contributed by atoms with E-state index in [2.05, 4.69) is 51.2 Å². The fourth-order valence-electron chi connectivity index (χ4n) is 5.17. The fraction of sp³-hybridized carbons (Fsp3) is 0.462. The van der Waals surface area contributed by atoms with E-state index in [1.165, 1.54) is 25.5 Å². The number of carbonyl (C=O) groups excluding carboxylic acids is 2. The molecule has 2 fully saturated rings. The number of anilines is 2. The van der Waals surface area contributed by atoms with Gasteiger partial charge in [0.1, 0.15) is 0 Å². The Balaban J connectivity index is 0.00000204. The maximum absolute atomic E-state index is 12.4. The first-order valence-corrected chi connectivity index (χ1v) is 11.7. The van der Waals surface area contributed by atoms with Crippen molar-refractivity contribution >= 4 is 48.0 Å². The molecule has 3 atom stereocenters. The Kier molecular flexibility index (Phi) is 11.3. The van der Waals surface area contributed by atoms with Gasteiger partial charge in [0.2, 0.25) is 11.8 Å². The summed E-state index contributed by atoms with van der Waals surface area (Å²) in [4.78, 5) is 26.3. The lowest BCUT2D eigenvalue weighted by molar-refractivity contribution is -0.116. The lowest BCUT2D eigenvalue weighted by atomic mass is 9.79. The third-order valence-corrected chi connectivity index (χ3v) is 6.52. The summed E-state index contributed by atoms with van der Waals surface area (Å²) in [5.74, 6) is 1.28. The van der Waals surface area contributed by atoms with Crippen LogP contribution in [0, 0.1) is 11.8 Å². The van der Waals surface area contributed by atoms with Gasteiger partial charge >= 0.3 is 0 Å². The van der Waals surface area contributed by atoms with E-state index in [1.807, 2.05) is 18.2 Å². The van der Waals surface area contributed by atoms with Gasteiger partial charge in [0.05, 0.1) is 0 Å². The smallest absolute Gasteiger partial charge is 0.224 e. The summed E-state index contributed by atoms with van der Waals surface area (Å²) < 4.78 is 0. The molecule has 2 aromatic carbocycles. The number of hydrogen-bond acceptors (Lipinski definition) is 4. The minimum atomic E-state index is -0.124. The maximum Gasteiger partial charge on any atom is 0.224 e. The molecule has 2 bridgehead atoms. The highest BCUT2D eigenvalue weighted by Gasteiger charge is 2.36. The molecule has 3 N–H and O–H groups in total. The van der Waals surface area contributed by atoms with Crippen LogP contribution in [0.5, 0.6) is 0 Å². The van der Waals surface area contributed by atoms with E-state index in [0.717, 1.165) is 38.4 Å². The number of amides is 2. The fourth-order valence-corrected chi connectivity index (χ4v) is 5.17. The van der Waals surface area contributed by atoms with Crippen LogP contribution in [0.1, 0.15) is 38.2 Å². The Labute approximate surface area is 215 Å². The summed E-state index contributed by atoms with van der Waals surface area (Å²) in [7, 11) is 0. The first-order valence-electron chi connectivity index (χ1n) is 11.7. The van der Waals surface area contributed by atoms with Gasteiger partial charge in [0.25, 0.3) is 0 Å². The average Bonchev–Trinajstić information content (AvgIpc) is 2.76. The maximum atomic E-state index is 12.4. The Bertz CT molecular complexity index is 928. The van der Waals surface area contributed by atoms with Crippen molar-refractivity contribution in [3.05, 3.63) is 60.2 Å². The van der Waals surface area contributed by atoms with Crippen molar-refractivity contribution in [2.75, 3.05) is 30.3 Å². The summed E-state index contributed by atoms with van der Waals surface area (Å²) in [6, 6.07) is 18.5. The van der Waals surface area contributed by atoms with Gasteiger partial charge in [-0.05, 0) is 61.4 Å². The molecule has 2 saturated heterocycles. The summed E-state index contributed by atoms with van der Waals surface area (Å²) in [6.07, 6.45) is 3.70. The largest absolute Gasteiger partial charge is 0.326 e. The summed E-state index contributed by atoms with van der Waals surface area (Å²) in [5.41, 5.74) is 2.79. The number of fused-ring (bicyclic) bond motifs is 2. The van der Waals surface area contributed by atoms with Gasteiger partial charge in [0, 0.05) is 50.4 Å². The number of nitrogens with zero attached hydrogens (tertiary/aromatic N) is 1. The van der Waals surface area contributed by atoms with Gasteiger partial charge in [-0.25, -0.2) is 0 Å². The van der Waals surface area contributed by atoms with Crippen LogP contribution in [-0.2, 0) is 16.1 Å². The van der Waals surface area contributed by atoms with Gasteiger partial charge in [-0.15, -0.1) is 24.8 Å². The second-order valence-electron chi connectivity index (χ2n) is 9.26. The lowest BCUT2D eigenvalue weighted by Gasteiger charge is -2.46. The zero-order chi connectivity index (χ0) is 22.3. The van der Waals surface area contributed by atoms with Crippen molar-refractivity contribution in [1.29, 1.82) is 0 Å². The molecule has 0 spiro atoms. The quantitative estimate of drug-likeness (QED) is 0.484. The van der Waals surface area contributed by atoms with E-state index >= 15 is 0 Å². The highest BCUT2D eigenvalue weighted by atomic mass is 35.5. The van der Waals surface area contributed by atoms with Crippen molar-refractivity contribution in [3.8, 4) is 0 Å². The summed E-state index contributed by atoms with van der Waals surface area (Å²) in [5, 5.41) is 9.45. The number of nitrogens with one attached hydrogen (secondary N) is 3.